The largest absolute Gasteiger partial charge is 0.271 e. The van der Waals surface area contributed by atoms with Crippen molar-refractivity contribution in [1.29, 1.82) is 0 Å². The fraction of sp³-hybridized carbons (Fsp3) is 0.182. The number of nitrogens with zero attached hydrogens (tertiary/aromatic N) is 2. The van der Waals surface area contributed by atoms with Crippen LogP contribution in [0.5, 0.6) is 0 Å². The quantitative estimate of drug-likeness (QED) is 0.427. The van der Waals surface area contributed by atoms with E-state index in [-0.39, 0.29) is 6.54 Å². The third-order valence-corrected chi connectivity index (χ3v) is 6.91. The maximum atomic E-state index is 12.4. The van der Waals surface area contributed by atoms with E-state index < -0.39 is 15.9 Å². The summed E-state index contributed by atoms with van der Waals surface area (Å²) in [5.74, 6) is -0.529. The van der Waals surface area contributed by atoms with Crippen LogP contribution in [-0.2, 0) is 27.7 Å². The van der Waals surface area contributed by atoms with Gasteiger partial charge >= 0.3 is 0 Å². The van der Waals surface area contributed by atoms with E-state index >= 15 is 0 Å². The van der Waals surface area contributed by atoms with Crippen molar-refractivity contribution in [2.75, 3.05) is 17.1 Å². The lowest BCUT2D eigenvalue weighted by Gasteiger charge is -2.22. The first kappa shape index (κ1) is 20.6. The molecule has 0 aliphatic heterocycles. The predicted octanol–water partition coefficient (Wildman–Crippen LogP) is 3.62. The molecule has 0 atom stereocenters. The molecule has 0 fully saturated rings. The van der Waals surface area contributed by atoms with Crippen molar-refractivity contribution in [1.82, 2.24) is 5.43 Å². The fourth-order valence-corrected chi connectivity index (χ4v) is 5.24. The van der Waals surface area contributed by atoms with E-state index in [1.54, 1.807) is 30.5 Å². The summed E-state index contributed by atoms with van der Waals surface area (Å²) < 4.78 is 26.1. The first-order chi connectivity index (χ1) is 14.3. The first-order valence-corrected chi connectivity index (χ1v) is 12.1. The van der Waals surface area contributed by atoms with Gasteiger partial charge in [0.05, 0.1) is 18.2 Å². The molecule has 6 nitrogen and oxygen atoms in total. The number of aryl methyl sites for hydroxylation is 2. The summed E-state index contributed by atoms with van der Waals surface area (Å²) in [5, 5.41) is 6.44. The number of sulfonamides is 1. The van der Waals surface area contributed by atoms with Gasteiger partial charge in [0.2, 0.25) is 10.0 Å². The van der Waals surface area contributed by atoms with Crippen LogP contribution >= 0.6 is 15.9 Å². The molecular formula is C22H20BrN3O3S. The molecule has 4 rings (SSSR count). The highest BCUT2D eigenvalue weighted by atomic mass is 79.9. The van der Waals surface area contributed by atoms with Crippen LogP contribution in [0.25, 0.3) is 10.8 Å². The number of amides is 1. The minimum Gasteiger partial charge on any atom is -0.271 e. The van der Waals surface area contributed by atoms with Crippen molar-refractivity contribution >= 4 is 54.5 Å². The maximum absolute atomic E-state index is 12.4. The lowest BCUT2D eigenvalue weighted by atomic mass is 10.0. The number of anilines is 1. The van der Waals surface area contributed by atoms with Crippen molar-refractivity contribution in [3.8, 4) is 0 Å². The van der Waals surface area contributed by atoms with Gasteiger partial charge in [0.25, 0.3) is 5.91 Å². The molecule has 0 aromatic heterocycles. The second-order valence-electron chi connectivity index (χ2n) is 7.17. The van der Waals surface area contributed by atoms with Gasteiger partial charge in [0.15, 0.2) is 0 Å². The number of hydrazone groups is 1. The molecule has 8 heteroatoms. The Labute approximate surface area is 183 Å². The van der Waals surface area contributed by atoms with Crippen LogP contribution in [0.4, 0.5) is 5.69 Å². The van der Waals surface area contributed by atoms with Crippen molar-refractivity contribution in [3.63, 3.8) is 0 Å². The maximum Gasteiger partial charge on any atom is 0.260 e. The molecule has 0 radical (unpaired) electrons. The number of halogens is 1. The van der Waals surface area contributed by atoms with Crippen LogP contribution < -0.4 is 9.73 Å². The van der Waals surface area contributed by atoms with Crippen molar-refractivity contribution < 1.29 is 13.2 Å². The van der Waals surface area contributed by atoms with Crippen LogP contribution in [0, 0.1) is 0 Å². The molecule has 30 heavy (non-hydrogen) atoms. The summed E-state index contributed by atoms with van der Waals surface area (Å²) in [5.41, 5.74) is 6.41. The Hall–Kier alpha value is -2.71. The van der Waals surface area contributed by atoms with Crippen molar-refractivity contribution in [2.24, 2.45) is 5.10 Å². The van der Waals surface area contributed by atoms with Crippen molar-refractivity contribution in [2.45, 2.75) is 12.8 Å². The van der Waals surface area contributed by atoms with Gasteiger partial charge in [-0.15, -0.1) is 0 Å². The molecule has 1 aliphatic rings. The van der Waals surface area contributed by atoms with E-state index in [4.69, 9.17) is 0 Å². The number of rotatable bonds is 6. The highest BCUT2D eigenvalue weighted by Gasteiger charge is 2.22. The molecule has 1 amide bonds. The molecule has 0 heterocycles. The van der Waals surface area contributed by atoms with Gasteiger partial charge in [0, 0.05) is 10.0 Å². The molecule has 0 bridgehead atoms. The Morgan fingerprint density at radius 2 is 1.83 bits per heavy atom. The Morgan fingerprint density at radius 1 is 1.10 bits per heavy atom. The molecule has 1 aliphatic carbocycles. The summed E-state index contributed by atoms with van der Waals surface area (Å²) in [6.07, 6.45) is 4.75. The summed E-state index contributed by atoms with van der Waals surface area (Å²) >= 11 is 3.33. The predicted molar refractivity (Wildman–Crippen MR) is 123 cm³/mol. The molecule has 154 valence electrons. The Balaban J connectivity index is 1.52. The highest BCUT2D eigenvalue weighted by molar-refractivity contribution is 9.10. The molecular weight excluding hydrogens is 466 g/mol. The number of carbonyl (C=O) groups excluding carboxylic acids is 1. The third-order valence-electron chi connectivity index (χ3n) is 5.11. The number of benzene rings is 3. The van der Waals surface area contributed by atoms with Crippen LogP contribution in [0.1, 0.15) is 16.7 Å². The van der Waals surface area contributed by atoms with Gasteiger partial charge in [-0.3, -0.25) is 9.10 Å². The average Bonchev–Trinajstić information content (AvgIpc) is 3.13. The highest BCUT2D eigenvalue weighted by Crippen LogP contribution is 2.32. The number of carbonyl (C=O) groups is 1. The molecule has 0 unspecified atom stereocenters. The van der Waals surface area contributed by atoms with Gasteiger partial charge in [-0.05, 0) is 62.8 Å². The minimum atomic E-state index is -3.65. The van der Waals surface area contributed by atoms with Gasteiger partial charge in [-0.25, -0.2) is 13.8 Å². The number of hydrogen-bond donors (Lipinski definition) is 1. The first-order valence-electron chi connectivity index (χ1n) is 9.42. The zero-order valence-corrected chi connectivity index (χ0v) is 18.7. The SMILES string of the molecule is CS(=O)(=O)N(CC(=O)N/N=C/c1ccc2c3c(cccc13)CC2)c1ccccc1Br. The second-order valence-corrected chi connectivity index (χ2v) is 9.93. The summed E-state index contributed by atoms with van der Waals surface area (Å²) in [6, 6.07) is 17.2. The fourth-order valence-electron chi connectivity index (χ4n) is 3.76. The zero-order valence-electron chi connectivity index (χ0n) is 16.3. The Morgan fingerprint density at radius 3 is 2.57 bits per heavy atom. The summed E-state index contributed by atoms with van der Waals surface area (Å²) in [6.45, 7) is -0.372. The van der Waals surface area contributed by atoms with E-state index in [1.165, 1.54) is 16.5 Å². The number of hydrogen-bond acceptors (Lipinski definition) is 4. The third kappa shape index (κ3) is 4.11. The van der Waals surface area contributed by atoms with Crippen LogP contribution in [0.3, 0.4) is 0 Å². The molecule has 1 N–H and O–H groups in total. The van der Waals surface area contributed by atoms with Gasteiger partial charge in [-0.2, -0.15) is 5.10 Å². The lowest BCUT2D eigenvalue weighted by Crippen LogP contribution is -2.39. The number of nitrogens with one attached hydrogen (secondary N) is 1. The van der Waals surface area contributed by atoms with E-state index in [0.717, 1.165) is 34.4 Å². The smallest absolute Gasteiger partial charge is 0.260 e. The standard InChI is InChI=1S/C22H20BrN3O3S/c1-30(28,29)26(20-8-3-2-7-19(20)23)14-21(27)25-24-13-17-12-11-16-10-9-15-5-4-6-18(17)22(15)16/h2-8,11-13H,9-10,14H2,1H3,(H,25,27)/b24-13+. The average molecular weight is 486 g/mol. The van der Waals surface area contributed by atoms with Crippen molar-refractivity contribution in [3.05, 3.63) is 75.8 Å². The number of para-hydroxylation sites is 1. The normalized spacial score (nSPS) is 13.1. The van der Waals surface area contributed by atoms with E-state index in [9.17, 15) is 13.2 Å². The molecule has 0 saturated carbocycles. The molecule has 3 aromatic rings. The molecule has 0 saturated heterocycles. The second kappa shape index (κ2) is 8.20. The van der Waals surface area contributed by atoms with Gasteiger partial charge in [0.1, 0.15) is 6.54 Å². The molecule has 0 spiro atoms. The molecule has 3 aromatic carbocycles. The van der Waals surface area contributed by atoms with Gasteiger partial charge < -0.3 is 0 Å². The van der Waals surface area contributed by atoms with E-state index in [0.29, 0.717) is 10.2 Å². The summed E-state index contributed by atoms with van der Waals surface area (Å²) in [4.78, 5) is 12.4. The summed E-state index contributed by atoms with van der Waals surface area (Å²) in [7, 11) is -3.65. The Bertz CT molecular complexity index is 1260. The van der Waals surface area contributed by atoms with Crippen LogP contribution in [-0.4, -0.2) is 33.3 Å². The van der Waals surface area contributed by atoms with E-state index in [1.807, 2.05) is 12.1 Å². The topological polar surface area (TPSA) is 78.8 Å². The minimum absolute atomic E-state index is 0.372. The lowest BCUT2D eigenvalue weighted by molar-refractivity contribution is -0.119. The van der Waals surface area contributed by atoms with Gasteiger partial charge in [-0.1, -0.05) is 42.5 Å². The van der Waals surface area contributed by atoms with Crippen LogP contribution in [0.15, 0.2) is 64.2 Å². The Kier molecular flexibility index (Phi) is 5.62. The zero-order chi connectivity index (χ0) is 21.3. The monoisotopic (exact) mass is 485 g/mol. The van der Waals surface area contributed by atoms with E-state index in [2.05, 4.69) is 44.7 Å². The van der Waals surface area contributed by atoms with Crippen LogP contribution in [0.2, 0.25) is 0 Å².